The molecule has 0 heterocycles. The third-order valence-corrected chi connectivity index (χ3v) is 5.98. The van der Waals surface area contributed by atoms with Crippen LogP contribution in [0.5, 0.6) is 5.75 Å². The van der Waals surface area contributed by atoms with Crippen LogP contribution >= 0.6 is 23.2 Å². The highest BCUT2D eigenvalue weighted by molar-refractivity contribution is 7.92. The average Bonchev–Trinajstić information content (AvgIpc) is 2.71. The molecule has 162 valence electrons. The summed E-state index contributed by atoms with van der Waals surface area (Å²) in [4.78, 5) is 12.5. The van der Waals surface area contributed by atoms with Gasteiger partial charge in [0, 0.05) is 27.4 Å². The molecule has 0 fully saturated rings. The smallest absolute Gasteiger partial charge is 0.255 e. The molecule has 3 aromatic rings. The van der Waals surface area contributed by atoms with Gasteiger partial charge in [-0.25, -0.2) is 8.42 Å². The van der Waals surface area contributed by atoms with Crippen LogP contribution < -0.4 is 14.4 Å². The lowest BCUT2D eigenvalue weighted by Gasteiger charge is -2.23. The fourth-order valence-electron chi connectivity index (χ4n) is 2.91. The van der Waals surface area contributed by atoms with Crippen LogP contribution in [0, 0.1) is 0 Å². The minimum Gasteiger partial charge on any atom is -0.497 e. The number of nitrogens with one attached hydrogen (secondary N) is 1. The molecule has 0 saturated carbocycles. The lowest BCUT2D eigenvalue weighted by molar-refractivity contribution is 0.102. The zero-order valence-electron chi connectivity index (χ0n) is 16.8. The molecule has 0 aromatic heterocycles. The van der Waals surface area contributed by atoms with E-state index in [-0.39, 0.29) is 12.5 Å². The standard InChI is InChI=1S/C22H20Cl2N2O4S/c1-30-21-5-3-4-19(13-21)25-22(27)16-8-6-15(7-9-16)14-26(31(2,28)29)20-11-17(23)10-18(24)12-20/h3-13H,14H2,1-2H3,(H,25,27). The van der Waals surface area contributed by atoms with E-state index in [1.807, 2.05) is 0 Å². The van der Waals surface area contributed by atoms with Gasteiger partial charge in [-0.05, 0) is 48.0 Å². The van der Waals surface area contributed by atoms with Crippen molar-refractivity contribution >= 4 is 50.5 Å². The second-order valence-electron chi connectivity index (χ2n) is 6.78. The number of rotatable bonds is 7. The third kappa shape index (κ3) is 6.13. The van der Waals surface area contributed by atoms with Gasteiger partial charge in [0.15, 0.2) is 0 Å². The normalized spacial score (nSPS) is 11.1. The molecule has 6 nitrogen and oxygen atoms in total. The Labute approximate surface area is 191 Å². The van der Waals surface area contributed by atoms with Gasteiger partial charge in [0.2, 0.25) is 10.0 Å². The van der Waals surface area contributed by atoms with Crippen LogP contribution in [0.1, 0.15) is 15.9 Å². The van der Waals surface area contributed by atoms with Gasteiger partial charge in [0.05, 0.1) is 25.6 Å². The van der Waals surface area contributed by atoms with Gasteiger partial charge < -0.3 is 10.1 Å². The van der Waals surface area contributed by atoms with Crippen molar-refractivity contribution in [3.63, 3.8) is 0 Å². The van der Waals surface area contributed by atoms with Gasteiger partial charge in [-0.2, -0.15) is 0 Å². The number of ether oxygens (including phenoxy) is 1. The van der Waals surface area contributed by atoms with Crippen LogP contribution in [0.4, 0.5) is 11.4 Å². The molecule has 31 heavy (non-hydrogen) atoms. The number of halogens is 2. The van der Waals surface area contributed by atoms with Gasteiger partial charge in [-0.15, -0.1) is 0 Å². The van der Waals surface area contributed by atoms with Gasteiger partial charge in [-0.1, -0.05) is 41.4 Å². The van der Waals surface area contributed by atoms with Crippen molar-refractivity contribution in [3.8, 4) is 5.75 Å². The largest absolute Gasteiger partial charge is 0.497 e. The molecule has 0 aliphatic rings. The summed E-state index contributed by atoms with van der Waals surface area (Å²) < 4.78 is 31.1. The molecule has 0 aliphatic carbocycles. The van der Waals surface area contributed by atoms with Crippen LogP contribution in [0.2, 0.25) is 10.0 Å². The van der Waals surface area contributed by atoms with E-state index in [9.17, 15) is 13.2 Å². The van der Waals surface area contributed by atoms with Crippen molar-refractivity contribution in [2.45, 2.75) is 6.54 Å². The zero-order valence-corrected chi connectivity index (χ0v) is 19.1. The highest BCUT2D eigenvalue weighted by Gasteiger charge is 2.19. The van der Waals surface area contributed by atoms with Crippen molar-refractivity contribution in [2.24, 2.45) is 0 Å². The lowest BCUT2D eigenvalue weighted by atomic mass is 10.1. The number of methoxy groups -OCH3 is 1. The Morgan fingerprint density at radius 2 is 1.65 bits per heavy atom. The monoisotopic (exact) mass is 478 g/mol. The Morgan fingerprint density at radius 3 is 2.23 bits per heavy atom. The van der Waals surface area contributed by atoms with Crippen molar-refractivity contribution in [1.82, 2.24) is 0 Å². The summed E-state index contributed by atoms with van der Waals surface area (Å²) in [5.74, 6) is 0.344. The maximum atomic E-state index is 12.5. The van der Waals surface area contributed by atoms with E-state index in [0.717, 1.165) is 6.26 Å². The predicted octanol–water partition coefficient (Wildman–Crippen LogP) is 5.22. The van der Waals surface area contributed by atoms with Gasteiger partial charge in [0.1, 0.15) is 5.75 Å². The third-order valence-electron chi connectivity index (χ3n) is 4.41. The van der Waals surface area contributed by atoms with E-state index in [1.54, 1.807) is 55.6 Å². The number of hydrogen-bond donors (Lipinski definition) is 1. The van der Waals surface area contributed by atoms with Crippen LogP contribution in [0.15, 0.2) is 66.7 Å². The molecule has 0 aliphatic heterocycles. The molecular weight excluding hydrogens is 459 g/mol. The average molecular weight is 479 g/mol. The van der Waals surface area contributed by atoms with Crippen molar-refractivity contribution in [1.29, 1.82) is 0 Å². The number of sulfonamides is 1. The first-order chi connectivity index (χ1) is 14.7. The van der Waals surface area contributed by atoms with E-state index >= 15 is 0 Å². The predicted molar refractivity (Wildman–Crippen MR) is 125 cm³/mol. The molecule has 9 heteroatoms. The summed E-state index contributed by atoms with van der Waals surface area (Å²) in [6.45, 7) is 0.0628. The minimum atomic E-state index is -3.60. The topological polar surface area (TPSA) is 75.7 Å². The van der Waals surface area contributed by atoms with E-state index < -0.39 is 10.0 Å². The van der Waals surface area contributed by atoms with Crippen molar-refractivity contribution < 1.29 is 17.9 Å². The SMILES string of the molecule is COc1cccc(NC(=O)c2ccc(CN(c3cc(Cl)cc(Cl)c3)S(C)(=O)=O)cc2)c1. The molecule has 0 saturated heterocycles. The number of hydrogen-bond acceptors (Lipinski definition) is 4. The highest BCUT2D eigenvalue weighted by Crippen LogP contribution is 2.28. The maximum absolute atomic E-state index is 12.5. The van der Waals surface area contributed by atoms with E-state index in [4.69, 9.17) is 27.9 Å². The first kappa shape index (κ1) is 22.9. The van der Waals surface area contributed by atoms with Crippen molar-refractivity contribution in [2.75, 3.05) is 23.0 Å². The molecule has 0 spiro atoms. The molecular formula is C22H20Cl2N2O4S. The summed E-state index contributed by atoms with van der Waals surface area (Å²) in [6, 6.07) is 18.3. The van der Waals surface area contributed by atoms with Crippen LogP contribution in [0.25, 0.3) is 0 Å². The number of carbonyl (C=O) groups is 1. The molecule has 3 aromatic carbocycles. The number of carbonyl (C=O) groups excluding carboxylic acids is 1. The van der Waals surface area contributed by atoms with Crippen LogP contribution in [-0.4, -0.2) is 27.7 Å². The second kappa shape index (κ2) is 9.60. The molecule has 0 atom stereocenters. The Morgan fingerprint density at radius 1 is 1.00 bits per heavy atom. The Kier molecular flexibility index (Phi) is 7.10. The summed E-state index contributed by atoms with van der Waals surface area (Å²) in [5.41, 5.74) is 2.09. The molecule has 1 N–H and O–H groups in total. The van der Waals surface area contributed by atoms with E-state index in [0.29, 0.717) is 38.3 Å². The first-order valence-corrected chi connectivity index (χ1v) is 11.7. The summed E-state index contributed by atoms with van der Waals surface area (Å²) in [6.07, 6.45) is 1.11. The van der Waals surface area contributed by atoms with E-state index in [2.05, 4.69) is 5.32 Å². The van der Waals surface area contributed by atoms with Crippen molar-refractivity contribution in [3.05, 3.63) is 87.9 Å². The quantitative estimate of drug-likeness (QED) is 0.504. The first-order valence-electron chi connectivity index (χ1n) is 9.14. The summed E-state index contributed by atoms with van der Waals surface area (Å²) in [5, 5.41) is 3.47. The lowest BCUT2D eigenvalue weighted by Crippen LogP contribution is -2.29. The number of benzene rings is 3. The fourth-order valence-corrected chi connectivity index (χ4v) is 4.30. The summed E-state index contributed by atoms with van der Waals surface area (Å²) >= 11 is 12.1. The van der Waals surface area contributed by atoms with Crippen LogP contribution in [-0.2, 0) is 16.6 Å². The number of anilines is 2. The number of amides is 1. The molecule has 1 amide bonds. The fraction of sp³-hybridized carbons (Fsp3) is 0.136. The Hall–Kier alpha value is -2.74. The second-order valence-corrected chi connectivity index (χ2v) is 9.56. The Bertz CT molecular complexity index is 1180. The zero-order chi connectivity index (χ0) is 22.6. The Balaban J connectivity index is 1.78. The van der Waals surface area contributed by atoms with Gasteiger partial charge >= 0.3 is 0 Å². The summed E-state index contributed by atoms with van der Waals surface area (Å²) in [7, 11) is -2.05. The molecule has 0 radical (unpaired) electrons. The maximum Gasteiger partial charge on any atom is 0.255 e. The molecule has 0 bridgehead atoms. The molecule has 0 unspecified atom stereocenters. The van der Waals surface area contributed by atoms with Gasteiger partial charge in [0.25, 0.3) is 5.91 Å². The highest BCUT2D eigenvalue weighted by atomic mass is 35.5. The van der Waals surface area contributed by atoms with Gasteiger partial charge in [-0.3, -0.25) is 9.10 Å². The minimum absolute atomic E-state index is 0.0628. The van der Waals surface area contributed by atoms with E-state index in [1.165, 1.54) is 22.5 Å². The van der Waals surface area contributed by atoms with Crippen LogP contribution in [0.3, 0.4) is 0 Å². The number of nitrogens with zero attached hydrogens (tertiary/aromatic N) is 1. The molecule has 3 rings (SSSR count).